The van der Waals surface area contributed by atoms with Gasteiger partial charge < -0.3 is 4.74 Å². The minimum Gasteiger partial charge on any atom is -0.423 e. The van der Waals surface area contributed by atoms with Crippen LogP contribution in [0.1, 0.15) is 99.9 Å². The number of ether oxygens (including phenoxy) is 1. The zero-order chi connectivity index (χ0) is 26.1. The van der Waals surface area contributed by atoms with Gasteiger partial charge in [0.25, 0.3) is 0 Å². The van der Waals surface area contributed by atoms with Crippen LogP contribution >= 0.6 is 0 Å². The normalized spacial score (nSPS) is 11.2. The maximum absolute atomic E-state index is 12.7. The van der Waals surface area contributed by atoms with Crippen LogP contribution in [0.2, 0.25) is 0 Å². The fraction of sp³-hybridized carbons (Fsp3) is 0.406. The Morgan fingerprint density at radius 2 is 1.38 bits per heavy atom. The summed E-state index contributed by atoms with van der Waals surface area (Å²) < 4.78 is 5.56. The molecule has 0 aliphatic heterocycles. The highest BCUT2D eigenvalue weighted by Crippen LogP contribution is 2.21. The van der Waals surface area contributed by atoms with Crippen LogP contribution in [-0.4, -0.2) is 18.1 Å². The van der Waals surface area contributed by atoms with Gasteiger partial charge >= 0.3 is 5.97 Å². The number of nitrogens with one attached hydrogen (secondary N) is 1. The van der Waals surface area contributed by atoms with E-state index >= 15 is 0 Å². The zero-order valence-corrected chi connectivity index (χ0v) is 22.1. The molecular weight excluding hydrogens is 460 g/mol. The number of nitrogens with zero attached hydrogens (tertiary/aromatic N) is 1. The average molecular weight is 501 g/mol. The molecule has 37 heavy (non-hydrogen) atoms. The zero-order valence-electron chi connectivity index (χ0n) is 22.1. The minimum atomic E-state index is -0.395. The van der Waals surface area contributed by atoms with Gasteiger partial charge in [-0.3, -0.25) is 4.79 Å². The molecule has 196 valence electrons. The lowest BCUT2D eigenvalue weighted by atomic mass is 10.0. The number of hydrogen-bond acceptors (Lipinski definition) is 4. The molecule has 0 radical (unpaired) electrons. The summed E-state index contributed by atoms with van der Waals surface area (Å²) in [6, 6.07) is 20.4. The monoisotopic (exact) mass is 500 g/mol. The van der Waals surface area contributed by atoms with Gasteiger partial charge in [-0.25, -0.2) is 10.2 Å². The van der Waals surface area contributed by atoms with Crippen LogP contribution < -0.4 is 10.2 Å². The molecule has 5 nitrogen and oxygen atoms in total. The molecule has 3 aromatic carbocycles. The summed E-state index contributed by atoms with van der Waals surface area (Å²) in [6.07, 6.45) is 16.0. The standard InChI is InChI=1S/C32H40N2O3/c1-2-3-4-5-6-7-8-9-10-11-12-20-31(35)34-33-25-26-21-23-28(24-22-26)37-32(36)30-19-15-17-27-16-13-14-18-29(27)30/h13-19,21-25H,2-12,20H2,1H3,(H,34,35). The molecule has 3 aromatic rings. The summed E-state index contributed by atoms with van der Waals surface area (Å²) >= 11 is 0. The largest absolute Gasteiger partial charge is 0.423 e. The van der Waals surface area contributed by atoms with Crippen molar-refractivity contribution >= 4 is 28.9 Å². The maximum atomic E-state index is 12.7. The third-order valence-corrected chi connectivity index (χ3v) is 6.51. The van der Waals surface area contributed by atoms with Crippen molar-refractivity contribution in [3.63, 3.8) is 0 Å². The second kappa shape index (κ2) is 16.3. The van der Waals surface area contributed by atoms with Gasteiger partial charge in [0, 0.05) is 6.42 Å². The molecule has 0 unspecified atom stereocenters. The van der Waals surface area contributed by atoms with E-state index in [1.165, 1.54) is 57.8 Å². The number of amides is 1. The van der Waals surface area contributed by atoms with Gasteiger partial charge in [-0.15, -0.1) is 0 Å². The second-order valence-electron chi connectivity index (χ2n) is 9.56. The van der Waals surface area contributed by atoms with E-state index < -0.39 is 5.97 Å². The van der Waals surface area contributed by atoms with E-state index in [1.807, 2.05) is 36.4 Å². The van der Waals surface area contributed by atoms with E-state index in [2.05, 4.69) is 17.5 Å². The molecular formula is C32H40N2O3. The first kappa shape index (κ1) is 28.1. The van der Waals surface area contributed by atoms with Crippen molar-refractivity contribution in [1.82, 2.24) is 5.43 Å². The number of benzene rings is 3. The topological polar surface area (TPSA) is 67.8 Å². The lowest BCUT2D eigenvalue weighted by molar-refractivity contribution is -0.121. The van der Waals surface area contributed by atoms with Crippen LogP contribution in [0.5, 0.6) is 5.75 Å². The minimum absolute atomic E-state index is 0.0622. The van der Waals surface area contributed by atoms with Crippen molar-refractivity contribution in [1.29, 1.82) is 0 Å². The highest BCUT2D eigenvalue weighted by atomic mass is 16.5. The Hall–Kier alpha value is -3.47. The number of carbonyl (C=O) groups is 2. The van der Waals surface area contributed by atoms with Gasteiger partial charge in [-0.1, -0.05) is 108 Å². The molecule has 5 heteroatoms. The molecule has 0 saturated carbocycles. The van der Waals surface area contributed by atoms with Crippen molar-refractivity contribution < 1.29 is 14.3 Å². The van der Waals surface area contributed by atoms with Gasteiger partial charge in [-0.2, -0.15) is 5.10 Å². The Balaban J connectivity index is 1.31. The Kier molecular flexibility index (Phi) is 12.4. The van der Waals surface area contributed by atoms with Crippen LogP contribution in [0, 0.1) is 0 Å². The molecule has 0 aromatic heterocycles. The lowest BCUT2D eigenvalue weighted by Crippen LogP contribution is -2.16. The summed E-state index contributed by atoms with van der Waals surface area (Å²) in [6.45, 7) is 2.25. The van der Waals surface area contributed by atoms with E-state index in [0.717, 1.165) is 29.2 Å². The van der Waals surface area contributed by atoms with Crippen molar-refractivity contribution in [2.24, 2.45) is 5.10 Å². The van der Waals surface area contributed by atoms with E-state index in [4.69, 9.17) is 4.74 Å². The van der Waals surface area contributed by atoms with Gasteiger partial charge in [-0.05, 0) is 53.1 Å². The lowest BCUT2D eigenvalue weighted by Gasteiger charge is -2.07. The number of esters is 1. The molecule has 0 fully saturated rings. The molecule has 0 atom stereocenters. The van der Waals surface area contributed by atoms with E-state index in [-0.39, 0.29) is 5.91 Å². The quantitative estimate of drug-likeness (QED) is 0.0708. The van der Waals surface area contributed by atoms with E-state index in [1.54, 1.807) is 36.5 Å². The predicted molar refractivity (Wildman–Crippen MR) is 152 cm³/mol. The molecule has 0 heterocycles. The van der Waals surface area contributed by atoms with Crippen molar-refractivity contribution in [2.75, 3.05) is 0 Å². The molecule has 0 spiro atoms. The fourth-order valence-corrected chi connectivity index (χ4v) is 4.37. The molecule has 3 rings (SSSR count). The van der Waals surface area contributed by atoms with Crippen LogP contribution in [0.25, 0.3) is 10.8 Å². The summed E-state index contributed by atoms with van der Waals surface area (Å²) in [5.74, 6) is -0.00341. The van der Waals surface area contributed by atoms with Crippen molar-refractivity contribution in [2.45, 2.75) is 84.0 Å². The van der Waals surface area contributed by atoms with Crippen molar-refractivity contribution in [3.8, 4) is 5.75 Å². The number of carbonyl (C=O) groups excluding carboxylic acids is 2. The van der Waals surface area contributed by atoms with Gasteiger partial charge in [0.2, 0.25) is 5.91 Å². The molecule has 0 aliphatic carbocycles. The second-order valence-corrected chi connectivity index (χ2v) is 9.56. The predicted octanol–water partition coefficient (Wildman–Crippen LogP) is 8.21. The molecule has 1 amide bonds. The molecule has 0 bridgehead atoms. The van der Waals surface area contributed by atoms with Crippen LogP contribution in [-0.2, 0) is 4.79 Å². The van der Waals surface area contributed by atoms with Crippen molar-refractivity contribution in [3.05, 3.63) is 77.9 Å². The summed E-state index contributed by atoms with van der Waals surface area (Å²) in [5.41, 5.74) is 3.93. The summed E-state index contributed by atoms with van der Waals surface area (Å²) in [4.78, 5) is 24.7. The van der Waals surface area contributed by atoms with Crippen LogP contribution in [0.15, 0.2) is 71.8 Å². The Morgan fingerprint density at radius 3 is 2.08 bits per heavy atom. The maximum Gasteiger partial charge on any atom is 0.344 e. The van der Waals surface area contributed by atoms with Crippen LogP contribution in [0.4, 0.5) is 0 Å². The number of unbranched alkanes of at least 4 members (excludes halogenated alkanes) is 10. The summed E-state index contributed by atoms with van der Waals surface area (Å²) in [7, 11) is 0. The Morgan fingerprint density at radius 1 is 0.757 bits per heavy atom. The van der Waals surface area contributed by atoms with E-state index in [0.29, 0.717) is 17.7 Å². The Labute approximate surface area is 221 Å². The fourth-order valence-electron chi connectivity index (χ4n) is 4.37. The first-order chi connectivity index (χ1) is 18.2. The number of hydrazone groups is 1. The average Bonchev–Trinajstić information content (AvgIpc) is 2.92. The Bertz CT molecular complexity index is 1130. The summed E-state index contributed by atoms with van der Waals surface area (Å²) in [5, 5.41) is 5.91. The molecule has 0 saturated heterocycles. The number of hydrogen-bond donors (Lipinski definition) is 1. The molecule has 0 aliphatic rings. The first-order valence-electron chi connectivity index (χ1n) is 13.8. The third-order valence-electron chi connectivity index (χ3n) is 6.51. The SMILES string of the molecule is CCCCCCCCCCCCCC(=O)NN=Cc1ccc(OC(=O)c2cccc3ccccc23)cc1. The number of rotatable bonds is 16. The number of fused-ring (bicyclic) bond motifs is 1. The van der Waals surface area contributed by atoms with Gasteiger partial charge in [0.05, 0.1) is 11.8 Å². The van der Waals surface area contributed by atoms with E-state index in [9.17, 15) is 9.59 Å². The smallest absolute Gasteiger partial charge is 0.344 e. The third kappa shape index (κ3) is 10.2. The highest BCUT2D eigenvalue weighted by Gasteiger charge is 2.12. The highest BCUT2D eigenvalue weighted by molar-refractivity contribution is 6.05. The molecule has 1 N–H and O–H groups in total. The van der Waals surface area contributed by atoms with Gasteiger partial charge in [0.15, 0.2) is 0 Å². The first-order valence-corrected chi connectivity index (χ1v) is 13.8. The van der Waals surface area contributed by atoms with Crippen LogP contribution in [0.3, 0.4) is 0 Å². The van der Waals surface area contributed by atoms with Gasteiger partial charge in [0.1, 0.15) is 5.75 Å².